The molecule has 3 rings (SSSR count). The van der Waals surface area contributed by atoms with Crippen molar-refractivity contribution in [3.8, 4) is 0 Å². The summed E-state index contributed by atoms with van der Waals surface area (Å²) in [5.41, 5.74) is 6.58. The summed E-state index contributed by atoms with van der Waals surface area (Å²) in [5.74, 6) is -0.972. The van der Waals surface area contributed by atoms with Crippen LogP contribution in [-0.2, 0) is 11.2 Å². The molecule has 23 heavy (non-hydrogen) atoms. The number of nitrogens with two attached hydrogens (primary N) is 1. The van der Waals surface area contributed by atoms with Crippen LogP contribution >= 0.6 is 0 Å². The maximum Gasteiger partial charge on any atom is 0.325 e. The molecule has 6 N–H and O–H groups in total. The quantitative estimate of drug-likeness (QED) is 0.468. The molecule has 8 heteroatoms. The van der Waals surface area contributed by atoms with Crippen LogP contribution in [0, 0.1) is 0 Å². The number of nitrogens with one attached hydrogen (secondary N) is 3. The molecule has 0 saturated carbocycles. The van der Waals surface area contributed by atoms with Gasteiger partial charge in [0.15, 0.2) is 0 Å². The highest BCUT2D eigenvalue weighted by atomic mass is 16.4. The molecule has 0 bridgehead atoms. The van der Waals surface area contributed by atoms with Crippen molar-refractivity contribution in [2.75, 3.05) is 0 Å². The number of carbonyl (C=O) groups is 1. The van der Waals surface area contributed by atoms with Gasteiger partial charge in [0.25, 0.3) is 5.56 Å². The van der Waals surface area contributed by atoms with Crippen molar-refractivity contribution in [2.45, 2.75) is 12.5 Å². The lowest BCUT2D eigenvalue weighted by Gasteiger charge is -2.04. The molecule has 2 heterocycles. The highest BCUT2D eigenvalue weighted by Gasteiger charge is 2.14. The number of carboxylic acid groups (broad SMARTS) is 1. The van der Waals surface area contributed by atoms with Gasteiger partial charge in [-0.2, -0.15) is 0 Å². The van der Waals surface area contributed by atoms with Crippen molar-refractivity contribution in [3.05, 3.63) is 69.1 Å². The van der Waals surface area contributed by atoms with Crippen LogP contribution < -0.4 is 17.0 Å². The van der Waals surface area contributed by atoms with Crippen LogP contribution in [0.3, 0.4) is 0 Å². The van der Waals surface area contributed by atoms with Gasteiger partial charge < -0.3 is 20.8 Å². The lowest BCUT2D eigenvalue weighted by molar-refractivity contribution is -0.138. The first-order valence-electron chi connectivity index (χ1n) is 6.79. The molecule has 0 aliphatic rings. The molecule has 0 aliphatic carbocycles. The minimum atomic E-state index is -0.972. The van der Waals surface area contributed by atoms with Crippen LogP contribution in [0.1, 0.15) is 5.56 Å². The minimum Gasteiger partial charge on any atom is -0.480 e. The third-order valence-corrected chi connectivity index (χ3v) is 3.12. The van der Waals surface area contributed by atoms with E-state index >= 15 is 0 Å². The number of H-pyrrole nitrogens is 3. The van der Waals surface area contributed by atoms with E-state index in [1.165, 1.54) is 12.3 Å². The Kier molecular flexibility index (Phi) is 5.11. The second-order valence-electron chi connectivity index (χ2n) is 4.80. The summed E-state index contributed by atoms with van der Waals surface area (Å²) in [7, 11) is 0. The molecule has 1 atom stereocenters. The lowest BCUT2D eigenvalue weighted by atomic mass is 10.1. The van der Waals surface area contributed by atoms with Crippen LogP contribution in [0.2, 0.25) is 0 Å². The molecule has 0 spiro atoms. The molecular formula is C15H16N4O4. The largest absolute Gasteiger partial charge is 0.480 e. The van der Waals surface area contributed by atoms with Gasteiger partial charge in [-0.1, -0.05) is 18.2 Å². The Labute approximate surface area is 130 Å². The number of carboxylic acids is 1. The van der Waals surface area contributed by atoms with E-state index in [1.807, 2.05) is 35.4 Å². The first-order valence-corrected chi connectivity index (χ1v) is 6.79. The Balaban J connectivity index is 0.000000203. The number of fused-ring (bicyclic) bond motifs is 1. The van der Waals surface area contributed by atoms with Gasteiger partial charge in [-0.3, -0.25) is 14.6 Å². The molecule has 8 nitrogen and oxygen atoms in total. The summed E-state index contributed by atoms with van der Waals surface area (Å²) in [6.07, 6.45) is 3.45. The smallest absolute Gasteiger partial charge is 0.325 e. The molecule has 0 fully saturated rings. The summed E-state index contributed by atoms with van der Waals surface area (Å²) in [5, 5.41) is 9.75. The van der Waals surface area contributed by atoms with E-state index in [9.17, 15) is 14.4 Å². The predicted octanol–water partition coefficient (Wildman–Crippen LogP) is 0.185. The number of hydrogen-bond acceptors (Lipinski definition) is 4. The van der Waals surface area contributed by atoms with Gasteiger partial charge in [-0.15, -0.1) is 0 Å². The number of aromatic nitrogens is 3. The fourth-order valence-corrected chi connectivity index (χ4v) is 2.01. The van der Waals surface area contributed by atoms with E-state index in [-0.39, 0.29) is 5.56 Å². The second kappa shape index (κ2) is 7.23. The third kappa shape index (κ3) is 4.42. The summed E-state index contributed by atoms with van der Waals surface area (Å²) in [6, 6.07) is 8.15. The van der Waals surface area contributed by atoms with Gasteiger partial charge in [0.2, 0.25) is 0 Å². The molecule has 0 unspecified atom stereocenters. The summed E-state index contributed by atoms with van der Waals surface area (Å²) >= 11 is 0. The second-order valence-corrected chi connectivity index (χ2v) is 4.80. The van der Waals surface area contributed by atoms with Gasteiger partial charge in [0.1, 0.15) is 6.04 Å². The highest BCUT2D eigenvalue weighted by Crippen LogP contribution is 2.18. The van der Waals surface area contributed by atoms with Crippen molar-refractivity contribution < 1.29 is 9.90 Å². The average molecular weight is 316 g/mol. The Bertz CT molecular complexity index is 884. The van der Waals surface area contributed by atoms with E-state index < -0.39 is 17.7 Å². The molecule has 0 amide bonds. The normalized spacial score (nSPS) is 11.5. The van der Waals surface area contributed by atoms with E-state index in [0.717, 1.165) is 16.5 Å². The molecule has 0 saturated heterocycles. The van der Waals surface area contributed by atoms with Crippen LogP contribution in [0.25, 0.3) is 10.9 Å². The van der Waals surface area contributed by atoms with E-state index in [1.54, 1.807) is 0 Å². The third-order valence-electron chi connectivity index (χ3n) is 3.12. The number of benzene rings is 1. The Hall–Kier alpha value is -3.13. The maximum absolute atomic E-state index is 10.6. The first kappa shape index (κ1) is 16.2. The molecular weight excluding hydrogens is 300 g/mol. The molecule has 2 aromatic heterocycles. The number of aliphatic carboxylic acids is 1. The Morgan fingerprint density at radius 2 is 1.91 bits per heavy atom. The van der Waals surface area contributed by atoms with Gasteiger partial charge >= 0.3 is 11.7 Å². The standard InChI is InChI=1S/C11H12N2O2.C4H4N2O2/c12-9(11(14)15)5-7-6-13-10-4-2-1-3-8(7)10;7-3-1-2-5-4(8)6-3/h1-4,6,9,13H,5,12H2,(H,14,15);1-2H,(H2,5,6,7,8)/t9-;/m0./s1. The highest BCUT2D eigenvalue weighted by molar-refractivity contribution is 5.84. The van der Waals surface area contributed by atoms with Crippen molar-refractivity contribution in [1.29, 1.82) is 0 Å². The van der Waals surface area contributed by atoms with E-state index in [2.05, 4.69) is 9.97 Å². The number of para-hydroxylation sites is 1. The van der Waals surface area contributed by atoms with Gasteiger partial charge in [-0.05, 0) is 11.6 Å². The first-order chi connectivity index (χ1) is 11.0. The van der Waals surface area contributed by atoms with Gasteiger partial charge in [0, 0.05) is 35.8 Å². The van der Waals surface area contributed by atoms with Crippen LogP contribution in [-0.4, -0.2) is 32.1 Å². The van der Waals surface area contributed by atoms with Crippen molar-refractivity contribution in [2.24, 2.45) is 5.73 Å². The summed E-state index contributed by atoms with van der Waals surface area (Å²) < 4.78 is 0. The maximum atomic E-state index is 10.6. The topological polar surface area (TPSA) is 145 Å². The van der Waals surface area contributed by atoms with Crippen molar-refractivity contribution in [1.82, 2.24) is 15.0 Å². The Morgan fingerprint density at radius 3 is 2.52 bits per heavy atom. The Morgan fingerprint density at radius 1 is 1.17 bits per heavy atom. The average Bonchev–Trinajstić information content (AvgIpc) is 2.91. The van der Waals surface area contributed by atoms with Crippen LogP contribution in [0.15, 0.2) is 52.3 Å². The summed E-state index contributed by atoms with van der Waals surface area (Å²) in [6.45, 7) is 0. The zero-order valence-electron chi connectivity index (χ0n) is 12.1. The molecule has 0 aliphatic heterocycles. The number of rotatable bonds is 3. The minimum absolute atomic E-state index is 0.347. The monoisotopic (exact) mass is 316 g/mol. The zero-order valence-corrected chi connectivity index (χ0v) is 12.1. The summed E-state index contributed by atoms with van der Waals surface area (Å²) in [4.78, 5) is 38.4. The zero-order chi connectivity index (χ0) is 16.8. The molecule has 1 aromatic carbocycles. The number of hydrogen-bond donors (Lipinski definition) is 5. The van der Waals surface area contributed by atoms with Crippen molar-refractivity contribution >= 4 is 16.9 Å². The van der Waals surface area contributed by atoms with Gasteiger partial charge in [-0.25, -0.2) is 4.79 Å². The van der Waals surface area contributed by atoms with Crippen molar-refractivity contribution in [3.63, 3.8) is 0 Å². The van der Waals surface area contributed by atoms with E-state index in [0.29, 0.717) is 6.42 Å². The SMILES string of the molecule is N[C@@H](Cc1c[nH]c2ccccc12)C(=O)O.O=c1cc[nH]c(=O)[nH]1. The molecule has 120 valence electrons. The fraction of sp³-hybridized carbons (Fsp3) is 0.133. The molecule has 3 aromatic rings. The van der Waals surface area contributed by atoms with Crippen LogP contribution in [0.5, 0.6) is 0 Å². The lowest BCUT2D eigenvalue weighted by Crippen LogP contribution is -2.32. The predicted molar refractivity (Wildman–Crippen MR) is 85.3 cm³/mol. The van der Waals surface area contributed by atoms with E-state index in [4.69, 9.17) is 10.8 Å². The van der Waals surface area contributed by atoms with Gasteiger partial charge in [0.05, 0.1) is 0 Å². The number of aromatic amines is 3. The van der Waals surface area contributed by atoms with Crippen LogP contribution in [0.4, 0.5) is 0 Å². The fourth-order valence-electron chi connectivity index (χ4n) is 2.01. The molecule has 0 radical (unpaired) electrons.